The summed E-state index contributed by atoms with van der Waals surface area (Å²) in [4.78, 5) is 11.5. The Balaban J connectivity index is 1.48. The number of nitrogens with zero attached hydrogens (tertiary/aromatic N) is 4. The number of pyridine rings is 1. The number of benzene rings is 1. The van der Waals surface area contributed by atoms with Crippen molar-refractivity contribution in [1.82, 2.24) is 14.5 Å². The standard InChI is InChI=1S/C21H20N4/c1-2-5-16(6-3-1)17-13-18-9-10-19(14-17)25(18)21-8-4-7-20(23-21)24-12-11-22-15-24/h1-8,11-13,15,18-19H,9-10,14H2. The van der Waals surface area contributed by atoms with E-state index in [0.717, 1.165) is 18.1 Å². The molecule has 3 aromatic rings. The van der Waals surface area contributed by atoms with Gasteiger partial charge in [0.05, 0.1) is 0 Å². The summed E-state index contributed by atoms with van der Waals surface area (Å²) in [5.41, 5.74) is 2.84. The highest BCUT2D eigenvalue weighted by Gasteiger charge is 2.37. The van der Waals surface area contributed by atoms with E-state index >= 15 is 0 Å². The van der Waals surface area contributed by atoms with Gasteiger partial charge in [-0.2, -0.15) is 0 Å². The number of fused-ring (bicyclic) bond motifs is 2. The summed E-state index contributed by atoms with van der Waals surface area (Å²) in [6, 6.07) is 18.0. The van der Waals surface area contributed by atoms with E-state index in [1.807, 2.05) is 16.8 Å². The lowest BCUT2D eigenvalue weighted by molar-refractivity contribution is 0.649. The molecule has 1 fully saturated rings. The van der Waals surface area contributed by atoms with Crippen molar-refractivity contribution in [3.8, 4) is 5.82 Å². The number of anilines is 1. The molecule has 0 aliphatic carbocycles. The third kappa shape index (κ3) is 2.54. The monoisotopic (exact) mass is 328 g/mol. The lowest BCUT2D eigenvalue weighted by Gasteiger charge is -2.35. The zero-order valence-electron chi connectivity index (χ0n) is 14.0. The van der Waals surface area contributed by atoms with Gasteiger partial charge in [0.2, 0.25) is 0 Å². The molecule has 2 unspecified atom stereocenters. The van der Waals surface area contributed by atoms with E-state index in [-0.39, 0.29) is 0 Å². The zero-order valence-corrected chi connectivity index (χ0v) is 14.0. The lowest BCUT2D eigenvalue weighted by atomic mass is 9.95. The van der Waals surface area contributed by atoms with Gasteiger partial charge in [-0.05, 0) is 42.5 Å². The fraction of sp³-hybridized carbons (Fsp3) is 0.238. The number of imidazole rings is 1. The van der Waals surface area contributed by atoms with Crippen LogP contribution in [-0.4, -0.2) is 26.6 Å². The van der Waals surface area contributed by atoms with Gasteiger partial charge in [-0.15, -0.1) is 0 Å². The smallest absolute Gasteiger partial charge is 0.140 e. The summed E-state index contributed by atoms with van der Waals surface area (Å²) in [7, 11) is 0. The van der Waals surface area contributed by atoms with Gasteiger partial charge in [-0.3, -0.25) is 4.57 Å². The third-order valence-corrected chi connectivity index (χ3v) is 5.29. The highest BCUT2D eigenvalue weighted by atomic mass is 15.3. The van der Waals surface area contributed by atoms with Gasteiger partial charge in [-0.1, -0.05) is 42.5 Å². The molecular formula is C21H20N4. The molecule has 0 saturated carbocycles. The highest BCUT2D eigenvalue weighted by molar-refractivity contribution is 5.71. The topological polar surface area (TPSA) is 34.0 Å². The van der Waals surface area contributed by atoms with E-state index in [0.29, 0.717) is 12.1 Å². The van der Waals surface area contributed by atoms with Crippen LogP contribution in [0.25, 0.3) is 11.4 Å². The molecule has 1 saturated heterocycles. The first-order chi connectivity index (χ1) is 12.4. The summed E-state index contributed by atoms with van der Waals surface area (Å²) in [5, 5.41) is 0. The van der Waals surface area contributed by atoms with Crippen LogP contribution in [0, 0.1) is 0 Å². The summed E-state index contributed by atoms with van der Waals surface area (Å²) in [6.07, 6.45) is 11.5. The Morgan fingerprint density at radius 1 is 0.920 bits per heavy atom. The van der Waals surface area contributed by atoms with Gasteiger partial charge in [-0.25, -0.2) is 9.97 Å². The number of hydrogen-bond acceptors (Lipinski definition) is 3. The molecule has 2 atom stereocenters. The Kier molecular flexibility index (Phi) is 3.40. The van der Waals surface area contributed by atoms with Crippen molar-refractivity contribution in [3.63, 3.8) is 0 Å². The van der Waals surface area contributed by atoms with E-state index in [1.165, 1.54) is 24.0 Å². The first-order valence-corrected chi connectivity index (χ1v) is 8.88. The molecule has 0 spiro atoms. The van der Waals surface area contributed by atoms with E-state index < -0.39 is 0 Å². The zero-order chi connectivity index (χ0) is 16.6. The minimum absolute atomic E-state index is 0.444. The number of rotatable bonds is 3. The molecule has 25 heavy (non-hydrogen) atoms. The first-order valence-electron chi connectivity index (χ1n) is 8.88. The van der Waals surface area contributed by atoms with Gasteiger partial charge >= 0.3 is 0 Å². The van der Waals surface area contributed by atoms with Crippen molar-refractivity contribution in [2.75, 3.05) is 4.90 Å². The number of aromatic nitrogens is 3. The van der Waals surface area contributed by atoms with Crippen LogP contribution in [0.15, 0.2) is 73.3 Å². The van der Waals surface area contributed by atoms with Gasteiger partial charge in [0.25, 0.3) is 0 Å². The second-order valence-corrected chi connectivity index (χ2v) is 6.79. The molecule has 2 aromatic heterocycles. The lowest BCUT2D eigenvalue weighted by Crippen LogP contribution is -2.39. The molecule has 2 bridgehead atoms. The average Bonchev–Trinajstić information content (AvgIpc) is 3.29. The molecule has 0 amide bonds. The van der Waals surface area contributed by atoms with Crippen LogP contribution >= 0.6 is 0 Å². The minimum Gasteiger partial charge on any atom is -0.347 e. The maximum Gasteiger partial charge on any atom is 0.140 e. The van der Waals surface area contributed by atoms with Crippen molar-refractivity contribution in [2.24, 2.45) is 0 Å². The molecule has 4 heteroatoms. The van der Waals surface area contributed by atoms with Gasteiger partial charge in [0, 0.05) is 24.5 Å². The summed E-state index contributed by atoms with van der Waals surface area (Å²) < 4.78 is 1.96. The largest absolute Gasteiger partial charge is 0.347 e. The maximum absolute atomic E-state index is 4.90. The fourth-order valence-electron chi connectivity index (χ4n) is 4.15. The molecule has 2 aliphatic heterocycles. The predicted octanol–water partition coefficient (Wildman–Crippen LogP) is 4.09. The van der Waals surface area contributed by atoms with Crippen LogP contribution in [0.5, 0.6) is 0 Å². The van der Waals surface area contributed by atoms with Crippen LogP contribution in [0.4, 0.5) is 5.82 Å². The molecule has 124 valence electrons. The Bertz CT molecular complexity index is 899. The molecule has 2 aliphatic rings. The van der Waals surface area contributed by atoms with Crippen LogP contribution in [0.2, 0.25) is 0 Å². The molecule has 0 N–H and O–H groups in total. The van der Waals surface area contributed by atoms with Gasteiger partial charge in [0.15, 0.2) is 0 Å². The summed E-state index contributed by atoms with van der Waals surface area (Å²) in [5.74, 6) is 1.99. The molecule has 0 radical (unpaired) electrons. The molecule has 5 rings (SSSR count). The van der Waals surface area contributed by atoms with Crippen LogP contribution in [-0.2, 0) is 0 Å². The van der Waals surface area contributed by atoms with Crippen molar-refractivity contribution in [2.45, 2.75) is 31.3 Å². The second-order valence-electron chi connectivity index (χ2n) is 6.79. The Morgan fingerprint density at radius 2 is 1.80 bits per heavy atom. The van der Waals surface area contributed by atoms with Crippen molar-refractivity contribution in [1.29, 1.82) is 0 Å². The van der Waals surface area contributed by atoms with Crippen LogP contribution in [0.3, 0.4) is 0 Å². The second kappa shape index (κ2) is 5.88. The van der Waals surface area contributed by atoms with Gasteiger partial charge in [0.1, 0.15) is 18.0 Å². The van der Waals surface area contributed by atoms with E-state index in [4.69, 9.17) is 4.98 Å². The highest BCUT2D eigenvalue weighted by Crippen LogP contribution is 2.40. The Labute approximate surface area is 147 Å². The third-order valence-electron chi connectivity index (χ3n) is 5.29. The van der Waals surface area contributed by atoms with E-state index in [2.05, 4.69) is 58.4 Å². The fourth-order valence-corrected chi connectivity index (χ4v) is 4.15. The van der Waals surface area contributed by atoms with Gasteiger partial charge < -0.3 is 4.90 Å². The Hall–Kier alpha value is -2.88. The predicted molar refractivity (Wildman–Crippen MR) is 99.7 cm³/mol. The Morgan fingerprint density at radius 3 is 2.60 bits per heavy atom. The average molecular weight is 328 g/mol. The molecule has 4 heterocycles. The van der Waals surface area contributed by atoms with E-state index in [1.54, 1.807) is 12.5 Å². The van der Waals surface area contributed by atoms with Crippen LogP contribution < -0.4 is 4.90 Å². The maximum atomic E-state index is 4.90. The van der Waals surface area contributed by atoms with Crippen LogP contribution in [0.1, 0.15) is 24.8 Å². The molecule has 4 nitrogen and oxygen atoms in total. The molecular weight excluding hydrogens is 308 g/mol. The summed E-state index contributed by atoms with van der Waals surface area (Å²) >= 11 is 0. The first kappa shape index (κ1) is 14.5. The SMILES string of the molecule is C1=C(c2ccccc2)CC2CCC1N2c1cccc(-n2ccnc2)n1. The van der Waals surface area contributed by atoms with Crippen molar-refractivity contribution < 1.29 is 0 Å². The van der Waals surface area contributed by atoms with Crippen molar-refractivity contribution in [3.05, 3.63) is 78.9 Å². The van der Waals surface area contributed by atoms with E-state index in [9.17, 15) is 0 Å². The number of hydrogen-bond donors (Lipinski definition) is 0. The molecule has 1 aromatic carbocycles. The summed E-state index contributed by atoms with van der Waals surface area (Å²) in [6.45, 7) is 0. The minimum atomic E-state index is 0.444. The quantitative estimate of drug-likeness (QED) is 0.726. The van der Waals surface area contributed by atoms with Crippen molar-refractivity contribution >= 4 is 11.4 Å². The normalized spacial score (nSPS) is 22.1.